The molecule has 2 heterocycles. The molecule has 34 heavy (non-hydrogen) atoms. The Bertz CT molecular complexity index is 1000. The van der Waals surface area contributed by atoms with Crippen LogP contribution in [0.5, 0.6) is 0 Å². The Morgan fingerprint density at radius 1 is 1.18 bits per heavy atom. The summed E-state index contributed by atoms with van der Waals surface area (Å²) in [6.45, 7) is 3.27. The maximum absolute atomic E-state index is 15.5. The fourth-order valence-electron chi connectivity index (χ4n) is 4.46. The molecule has 1 aliphatic carbocycles. The van der Waals surface area contributed by atoms with Gasteiger partial charge in [-0.05, 0) is 55.7 Å². The number of rotatable bonds is 9. The lowest BCUT2D eigenvalue weighted by Gasteiger charge is -2.37. The van der Waals surface area contributed by atoms with E-state index in [1.54, 1.807) is 11.8 Å². The Labute approximate surface area is 195 Å². The van der Waals surface area contributed by atoms with Gasteiger partial charge in [-0.15, -0.1) is 0 Å². The van der Waals surface area contributed by atoms with Crippen LogP contribution in [0.15, 0.2) is 30.6 Å². The number of alkyl halides is 3. The number of ether oxygens (including phenoxy) is 1. The molecule has 0 unspecified atom stereocenters. The first-order valence-corrected chi connectivity index (χ1v) is 11.4. The van der Waals surface area contributed by atoms with Crippen molar-refractivity contribution >= 4 is 17.4 Å². The first-order valence-electron chi connectivity index (χ1n) is 11.4. The van der Waals surface area contributed by atoms with Crippen molar-refractivity contribution in [2.24, 2.45) is 5.41 Å². The third kappa shape index (κ3) is 5.84. The van der Waals surface area contributed by atoms with Gasteiger partial charge in [-0.1, -0.05) is 12.1 Å². The molecule has 0 amide bonds. The van der Waals surface area contributed by atoms with Crippen LogP contribution < -0.4 is 10.2 Å². The number of hydrogen-bond donors (Lipinski definition) is 1. The highest BCUT2D eigenvalue weighted by Crippen LogP contribution is 2.37. The van der Waals surface area contributed by atoms with E-state index in [9.17, 15) is 18.0 Å². The van der Waals surface area contributed by atoms with Crippen LogP contribution in [0.2, 0.25) is 0 Å². The summed E-state index contributed by atoms with van der Waals surface area (Å²) in [6, 6.07) is 4.96. The topological polar surface area (TPSA) is 67.4 Å². The number of halogens is 4. The molecule has 6 nitrogen and oxygen atoms in total. The SMILES string of the molecule is CC(=O)CC1(CNc2ncnc(N(Cc3ccc(C(F)(F)F)cc3)C3CC3)c2F)CCOCC1. The van der Waals surface area contributed by atoms with E-state index < -0.39 is 17.6 Å². The Morgan fingerprint density at radius 3 is 2.44 bits per heavy atom. The zero-order valence-electron chi connectivity index (χ0n) is 19.0. The molecule has 184 valence electrons. The molecule has 0 spiro atoms. The van der Waals surface area contributed by atoms with E-state index in [0.29, 0.717) is 44.6 Å². The van der Waals surface area contributed by atoms with Gasteiger partial charge in [-0.25, -0.2) is 9.97 Å². The minimum atomic E-state index is -4.40. The fraction of sp³-hybridized carbons (Fsp3) is 0.542. The summed E-state index contributed by atoms with van der Waals surface area (Å²) in [4.78, 5) is 21.9. The summed E-state index contributed by atoms with van der Waals surface area (Å²) >= 11 is 0. The molecule has 1 aliphatic heterocycles. The number of hydrogen-bond acceptors (Lipinski definition) is 6. The Hall–Kier alpha value is -2.75. The standard InChI is InChI=1S/C24H28F4N4O2/c1-16(33)12-23(8-10-34-11-9-23)14-29-21-20(25)22(31-15-30-21)32(19-6-7-19)13-17-2-4-18(5-3-17)24(26,27)28/h2-5,15,19H,6-14H2,1H3,(H,29,30,31). The van der Waals surface area contributed by atoms with Crippen LogP contribution in [-0.4, -0.2) is 41.6 Å². The van der Waals surface area contributed by atoms with Crippen molar-refractivity contribution in [2.45, 2.75) is 57.8 Å². The second-order valence-electron chi connectivity index (χ2n) is 9.26. The van der Waals surface area contributed by atoms with E-state index in [0.717, 1.165) is 25.0 Å². The van der Waals surface area contributed by atoms with Gasteiger partial charge in [0, 0.05) is 38.8 Å². The highest BCUT2D eigenvalue weighted by Gasteiger charge is 2.36. The fourth-order valence-corrected chi connectivity index (χ4v) is 4.46. The molecule has 1 saturated heterocycles. The Kier molecular flexibility index (Phi) is 7.06. The van der Waals surface area contributed by atoms with Gasteiger partial charge in [0.25, 0.3) is 0 Å². The van der Waals surface area contributed by atoms with Gasteiger partial charge < -0.3 is 19.7 Å². The maximum Gasteiger partial charge on any atom is 0.416 e. The molecule has 1 N–H and O–H groups in total. The first kappa shape index (κ1) is 24.4. The molecule has 2 aliphatic rings. The van der Waals surface area contributed by atoms with Crippen LogP contribution in [0.3, 0.4) is 0 Å². The lowest BCUT2D eigenvalue weighted by molar-refractivity contribution is -0.137. The minimum absolute atomic E-state index is 0.0532. The summed E-state index contributed by atoms with van der Waals surface area (Å²) in [7, 11) is 0. The van der Waals surface area contributed by atoms with Gasteiger partial charge in [0.2, 0.25) is 5.82 Å². The van der Waals surface area contributed by atoms with E-state index in [1.807, 2.05) is 0 Å². The number of aromatic nitrogens is 2. The molecular formula is C24H28F4N4O2. The van der Waals surface area contributed by atoms with Gasteiger partial charge in [0.15, 0.2) is 11.6 Å². The monoisotopic (exact) mass is 480 g/mol. The van der Waals surface area contributed by atoms with Gasteiger partial charge in [-0.2, -0.15) is 17.6 Å². The molecule has 0 radical (unpaired) electrons. The quantitative estimate of drug-likeness (QED) is 0.510. The van der Waals surface area contributed by atoms with E-state index in [2.05, 4.69) is 15.3 Å². The maximum atomic E-state index is 15.5. The average molecular weight is 481 g/mol. The molecule has 0 bridgehead atoms. The largest absolute Gasteiger partial charge is 0.416 e. The molecular weight excluding hydrogens is 452 g/mol. The van der Waals surface area contributed by atoms with Crippen molar-refractivity contribution in [2.75, 3.05) is 30.0 Å². The second-order valence-corrected chi connectivity index (χ2v) is 9.26. The van der Waals surface area contributed by atoms with Gasteiger partial charge >= 0.3 is 6.18 Å². The number of nitrogens with zero attached hydrogens (tertiary/aromatic N) is 3. The third-order valence-corrected chi connectivity index (χ3v) is 6.47. The normalized spacial score (nSPS) is 17.9. The smallest absolute Gasteiger partial charge is 0.381 e. The number of ketones is 1. The lowest BCUT2D eigenvalue weighted by Crippen LogP contribution is -2.38. The van der Waals surface area contributed by atoms with Crippen molar-refractivity contribution in [1.29, 1.82) is 0 Å². The predicted octanol–water partition coefficient (Wildman–Crippen LogP) is 4.99. The lowest BCUT2D eigenvalue weighted by atomic mass is 9.76. The van der Waals surface area contributed by atoms with Gasteiger partial charge in [0.05, 0.1) is 5.56 Å². The van der Waals surface area contributed by atoms with Gasteiger partial charge in [0.1, 0.15) is 12.1 Å². The molecule has 1 saturated carbocycles. The van der Waals surface area contributed by atoms with Crippen LogP contribution in [0.4, 0.5) is 29.2 Å². The number of benzene rings is 1. The number of Topliss-reactive ketones (excluding diaryl/α,β-unsaturated/α-hetero) is 1. The molecule has 10 heteroatoms. The second kappa shape index (κ2) is 9.85. The summed E-state index contributed by atoms with van der Waals surface area (Å²) in [5, 5.41) is 3.09. The zero-order chi connectivity index (χ0) is 24.3. The zero-order valence-corrected chi connectivity index (χ0v) is 19.0. The van der Waals surface area contributed by atoms with Crippen LogP contribution in [0.1, 0.15) is 50.2 Å². The van der Waals surface area contributed by atoms with Crippen molar-refractivity contribution in [3.8, 4) is 0 Å². The van der Waals surface area contributed by atoms with Crippen molar-refractivity contribution in [3.05, 3.63) is 47.5 Å². The summed E-state index contributed by atoms with van der Waals surface area (Å²) < 4.78 is 59.6. The highest BCUT2D eigenvalue weighted by molar-refractivity contribution is 5.76. The molecule has 4 rings (SSSR count). The molecule has 2 fully saturated rings. The molecule has 2 aromatic rings. The highest BCUT2D eigenvalue weighted by atomic mass is 19.4. The van der Waals surface area contributed by atoms with Crippen molar-refractivity contribution < 1.29 is 27.1 Å². The molecule has 0 atom stereocenters. The van der Waals surface area contributed by atoms with Crippen LogP contribution in [0, 0.1) is 11.2 Å². The Morgan fingerprint density at radius 2 is 1.85 bits per heavy atom. The number of nitrogens with one attached hydrogen (secondary N) is 1. The number of carbonyl (C=O) groups is 1. The number of carbonyl (C=O) groups excluding carboxylic acids is 1. The van der Waals surface area contributed by atoms with Gasteiger partial charge in [-0.3, -0.25) is 0 Å². The summed E-state index contributed by atoms with van der Waals surface area (Å²) in [5.74, 6) is -0.361. The molecule has 1 aromatic heterocycles. The van der Waals surface area contributed by atoms with E-state index in [1.165, 1.54) is 18.5 Å². The molecule has 1 aromatic carbocycles. The predicted molar refractivity (Wildman–Crippen MR) is 119 cm³/mol. The summed E-state index contributed by atoms with van der Waals surface area (Å²) in [6.07, 6.45) is 0.361. The van der Waals surface area contributed by atoms with E-state index in [-0.39, 0.29) is 35.4 Å². The average Bonchev–Trinajstić information content (AvgIpc) is 3.62. The third-order valence-electron chi connectivity index (χ3n) is 6.47. The van der Waals surface area contributed by atoms with E-state index >= 15 is 4.39 Å². The number of anilines is 2. The van der Waals surface area contributed by atoms with Crippen LogP contribution >= 0.6 is 0 Å². The van der Waals surface area contributed by atoms with E-state index in [4.69, 9.17) is 4.74 Å². The Balaban J connectivity index is 1.51. The summed E-state index contributed by atoms with van der Waals surface area (Å²) in [5.41, 5.74) is -0.408. The van der Waals surface area contributed by atoms with Crippen molar-refractivity contribution in [1.82, 2.24) is 9.97 Å². The van der Waals surface area contributed by atoms with Crippen molar-refractivity contribution in [3.63, 3.8) is 0 Å². The van der Waals surface area contributed by atoms with Crippen LogP contribution in [-0.2, 0) is 22.3 Å². The minimum Gasteiger partial charge on any atom is -0.381 e. The van der Waals surface area contributed by atoms with Crippen LogP contribution in [0.25, 0.3) is 0 Å². The first-order chi connectivity index (χ1) is 16.2.